The van der Waals surface area contributed by atoms with E-state index in [0.717, 1.165) is 75.1 Å². The van der Waals surface area contributed by atoms with Crippen molar-refractivity contribution in [3.05, 3.63) is 386 Å². The summed E-state index contributed by atoms with van der Waals surface area (Å²) in [5.74, 6) is 1.45. The summed E-state index contributed by atoms with van der Waals surface area (Å²) in [6.07, 6.45) is 34.5. The van der Waals surface area contributed by atoms with Crippen molar-refractivity contribution < 1.29 is 51.6 Å². The highest BCUT2D eigenvalue weighted by molar-refractivity contribution is 6.07. The van der Waals surface area contributed by atoms with Crippen molar-refractivity contribution in [3.8, 4) is 0 Å². The fourth-order valence-electron chi connectivity index (χ4n) is 8.54. The van der Waals surface area contributed by atoms with Gasteiger partial charge in [-0.3, -0.25) is 38.4 Å². The minimum atomic E-state index is -0.127. The maximum Gasteiger partial charge on any atom is 0.222 e. The van der Waals surface area contributed by atoms with Gasteiger partial charge in [0.1, 0.15) is 0 Å². The molecule has 9 aromatic rings. The molecule has 0 amide bonds. The van der Waals surface area contributed by atoms with E-state index in [0.29, 0.717) is 46.4 Å². The van der Waals surface area contributed by atoms with E-state index in [1.165, 1.54) is 42.6 Å². The molecule has 19 nitrogen and oxygen atoms in total. The third-order valence-corrected chi connectivity index (χ3v) is 14.9. The lowest BCUT2D eigenvalue weighted by molar-refractivity contribution is 0.101. The molecule has 9 rings (SSSR count). The Balaban J connectivity index is 0.000000451. The van der Waals surface area contributed by atoms with Crippen LogP contribution in [0.4, 0.5) is 0 Å². The fraction of sp³-hybridized carbons (Fsp3) is 0.258. The number of carbonyl (C=O) groups is 8. The van der Waals surface area contributed by atoms with Crippen LogP contribution >= 0.6 is 0 Å². The van der Waals surface area contributed by atoms with Crippen molar-refractivity contribution in [2.45, 2.75) is 133 Å². The van der Waals surface area contributed by atoms with E-state index in [9.17, 15) is 38.4 Å². The first-order chi connectivity index (χ1) is 56.0. The molecule has 0 radical (unpaired) electrons. The Hall–Kier alpha value is -13.2. The van der Waals surface area contributed by atoms with Crippen molar-refractivity contribution >= 4 is 46.3 Å². The van der Waals surface area contributed by atoms with Gasteiger partial charge in [0.25, 0.3) is 0 Å². The van der Waals surface area contributed by atoms with Gasteiger partial charge in [-0.05, 0) is 116 Å². The van der Waals surface area contributed by atoms with Gasteiger partial charge < -0.3 is 55.8 Å². The van der Waals surface area contributed by atoms with Crippen LogP contribution in [0.3, 0.4) is 0 Å². The maximum absolute atomic E-state index is 11.7. The van der Waals surface area contributed by atoms with Crippen molar-refractivity contribution in [1.29, 1.82) is 0 Å². The third-order valence-electron chi connectivity index (χ3n) is 14.9. The first kappa shape index (κ1) is 98.9. The van der Waals surface area contributed by atoms with Crippen LogP contribution in [0.2, 0.25) is 0 Å². The predicted molar refractivity (Wildman–Crippen MR) is 471 cm³/mol. The number of furan rings is 3. The first-order valence-electron chi connectivity index (χ1n) is 39.0. The van der Waals surface area contributed by atoms with Crippen LogP contribution in [-0.2, 0) is 6.54 Å². The average molecular weight is 1570 g/mol. The molecule has 0 fully saturated rings. The molecule has 0 bridgehead atoms. The number of unbranched alkanes of at least 4 members (excludes halogenated alkanes) is 1. The summed E-state index contributed by atoms with van der Waals surface area (Å²) in [5, 5.41) is 24.4. The van der Waals surface area contributed by atoms with Crippen LogP contribution in [0.15, 0.2) is 349 Å². The second-order valence-electron chi connectivity index (χ2n) is 27.0. The van der Waals surface area contributed by atoms with E-state index >= 15 is 0 Å². The number of hydrogen-bond donors (Lipinski definition) is 8. The molecule has 0 saturated carbocycles. The van der Waals surface area contributed by atoms with E-state index in [2.05, 4.69) is 84.1 Å². The summed E-state index contributed by atoms with van der Waals surface area (Å²) in [6.45, 7) is 29.0. The summed E-state index contributed by atoms with van der Waals surface area (Å²) in [5.41, 5.74) is 4.77. The van der Waals surface area contributed by atoms with E-state index in [1.807, 2.05) is 224 Å². The van der Waals surface area contributed by atoms with Gasteiger partial charge in [0.05, 0.1) is 18.8 Å². The average Bonchev–Trinajstić information content (AvgIpc) is 1.27. The molecule has 1 atom stereocenters. The van der Waals surface area contributed by atoms with Gasteiger partial charge in [0.2, 0.25) is 17.3 Å². The molecule has 0 saturated heterocycles. The second-order valence-corrected chi connectivity index (χ2v) is 27.0. The molecule has 116 heavy (non-hydrogen) atoms. The predicted octanol–water partition coefficient (Wildman–Crippen LogP) is 19.7. The van der Waals surface area contributed by atoms with Gasteiger partial charge in [-0.1, -0.05) is 223 Å². The lowest BCUT2D eigenvalue weighted by Gasteiger charge is -2.18. The zero-order valence-electron chi connectivity index (χ0n) is 69.3. The maximum atomic E-state index is 11.7. The van der Waals surface area contributed by atoms with Gasteiger partial charge in [0.15, 0.2) is 46.2 Å². The zero-order valence-corrected chi connectivity index (χ0v) is 69.3. The molecule has 614 valence electrons. The molecule has 0 spiro atoms. The number of ketones is 8. The zero-order chi connectivity index (χ0) is 85.1. The van der Waals surface area contributed by atoms with Gasteiger partial charge >= 0.3 is 0 Å². The summed E-state index contributed by atoms with van der Waals surface area (Å²) in [6, 6.07) is 67.1. The Labute approximate surface area is 687 Å². The van der Waals surface area contributed by atoms with Gasteiger partial charge in [-0.25, -0.2) is 0 Å². The SMILES string of the molecule is CC(C)(C)N/C=C\C(=O)c1ccccc1.CC(C)CN/C=C\C(=O)c1ccccc1.CC(C)N/C=C\C(=O)c1ccco1.CCC(C)N/C=C\C(=O)c1ccccc1.CCCCN/C=C\C(=O)c1ccccc1.CCCN/C=C\C(=O)c1ccco1.CCN/C=C\C(=O)c1ccco1.O=C(/C=C\NCc1ccccc1)c1ccccc1. The summed E-state index contributed by atoms with van der Waals surface area (Å²) in [7, 11) is 0. The van der Waals surface area contributed by atoms with Gasteiger partial charge in [0, 0.05) is 176 Å². The molecule has 0 aliphatic heterocycles. The molecule has 3 aromatic heterocycles. The van der Waals surface area contributed by atoms with Crippen molar-refractivity contribution in [3.63, 3.8) is 0 Å². The van der Waals surface area contributed by atoms with E-state index in [4.69, 9.17) is 13.3 Å². The normalized spacial score (nSPS) is 11.0. The van der Waals surface area contributed by atoms with Crippen LogP contribution in [0.1, 0.15) is 198 Å². The number of hydrogen-bond acceptors (Lipinski definition) is 19. The molecular weight excluding hydrogens is 1450 g/mol. The molecule has 3 heterocycles. The van der Waals surface area contributed by atoms with E-state index < -0.39 is 0 Å². The van der Waals surface area contributed by atoms with Crippen molar-refractivity contribution in [2.75, 3.05) is 26.2 Å². The van der Waals surface area contributed by atoms with Crippen LogP contribution in [-0.4, -0.2) is 90.1 Å². The Kier molecular flexibility index (Phi) is 54.0. The quantitative estimate of drug-likeness (QED) is 0.0102. The third kappa shape index (κ3) is 50.7. The second kappa shape index (κ2) is 63.4. The standard InChI is InChI=1S/C16H15NO.4C13H17NO.2C10H13NO2.C9H11NO2/c18-16(15-9-5-2-6-10-15)11-12-17-13-14-7-3-1-4-8-14;1-13(2,3)14-10-9-12(15)11-7-5-4-6-8-11;1-11(2)10-14-9-8-13(15)12-6-4-3-5-7-12;1-3-11(2)14-10-9-13(15)12-7-5-4-6-8-12;1-2-3-10-14-11-9-13(15)12-7-5-4-6-8-12;1-8(2)11-6-5-9(12)10-4-3-7-13-10;1-2-6-11-7-5-9(12)10-4-3-8-13-10;1-2-10-6-5-8(11)9-4-3-7-12-9/h1-12,17H,13H2;4-10,14H,1-3H3;3-9,11,14H,10H2,1-2H3;4-11,14H,3H2,1-2H3;4-9,11,14H,2-3,10H2,1H3;3-8,11H,1-2H3;3-5,7-8,11H,2,6H2,1H3;3-7,10H,2H2,1H3/b12-11-;10-9-;9-8-;10-9-;11-9-;6-5-;7-5-;6-5-. The molecular formula is C97H120N8O11. The lowest BCUT2D eigenvalue weighted by Crippen LogP contribution is -2.31. The number of carbonyl (C=O) groups excluding carboxylic acids is 8. The minimum Gasteiger partial charge on any atom is -0.461 e. The topological polar surface area (TPSA) is 272 Å². The monoisotopic (exact) mass is 1570 g/mol. The minimum absolute atomic E-state index is 0.00648. The van der Waals surface area contributed by atoms with Crippen molar-refractivity contribution in [1.82, 2.24) is 42.5 Å². The van der Waals surface area contributed by atoms with E-state index in [1.54, 1.807) is 116 Å². The molecule has 19 heteroatoms. The van der Waals surface area contributed by atoms with Crippen LogP contribution in [0.5, 0.6) is 0 Å². The number of rotatable bonds is 37. The Bertz CT molecular complexity index is 4340. The Morgan fingerprint density at radius 2 is 0.655 bits per heavy atom. The van der Waals surface area contributed by atoms with Gasteiger partial charge in [-0.15, -0.1) is 0 Å². The molecule has 8 N–H and O–H groups in total. The smallest absolute Gasteiger partial charge is 0.222 e. The molecule has 1 unspecified atom stereocenters. The van der Waals surface area contributed by atoms with Crippen LogP contribution in [0, 0.1) is 5.92 Å². The highest BCUT2D eigenvalue weighted by atomic mass is 16.3. The highest BCUT2D eigenvalue weighted by Crippen LogP contribution is 2.09. The Morgan fingerprint density at radius 3 is 0.983 bits per heavy atom. The van der Waals surface area contributed by atoms with Crippen LogP contribution in [0.25, 0.3) is 0 Å². The van der Waals surface area contributed by atoms with E-state index in [-0.39, 0.29) is 51.8 Å². The summed E-state index contributed by atoms with van der Waals surface area (Å²) >= 11 is 0. The number of allylic oxidation sites excluding steroid dienone is 8. The van der Waals surface area contributed by atoms with Crippen LogP contribution < -0.4 is 42.5 Å². The largest absolute Gasteiger partial charge is 0.461 e. The molecule has 0 aliphatic rings. The van der Waals surface area contributed by atoms with Crippen molar-refractivity contribution in [2.24, 2.45) is 5.92 Å². The Morgan fingerprint density at radius 1 is 0.336 bits per heavy atom. The van der Waals surface area contributed by atoms with Gasteiger partial charge in [-0.2, -0.15) is 0 Å². The number of benzene rings is 6. The molecule has 6 aromatic carbocycles. The first-order valence-corrected chi connectivity index (χ1v) is 39.0. The molecule has 0 aliphatic carbocycles. The number of nitrogens with one attached hydrogen (secondary N) is 8. The fourth-order valence-corrected chi connectivity index (χ4v) is 8.54. The highest BCUT2D eigenvalue weighted by Gasteiger charge is 2.09. The lowest BCUT2D eigenvalue weighted by atomic mass is 10.1. The summed E-state index contributed by atoms with van der Waals surface area (Å²) < 4.78 is 14.7. The summed E-state index contributed by atoms with van der Waals surface area (Å²) in [4.78, 5) is 91.7.